The van der Waals surface area contributed by atoms with E-state index in [2.05, 4.69) is 15.1 Å². The van der Waals surface area contributed by atoms with Gasteiger partial charge >= 0.3 is 19.4 Å². The van der Waals surface area contributed by atoms with Crippen molar-refractivity contribution in [3.63, 3.8) is 0 Å². The Morgan fingerprint density at radius 2 is 1.95 bits per heavy atom. The molecule has 17 heteroatoms. The van der Waals surface area contributed by atoms with Crippen LogP contribution in [-0.2, 0) is 23.4 Å². The molecule has 2 heterocycles. The molecule has 0 radical (unpaired) electrons. The van der Waals surface area contributed by atoms with E-state index in [9.17, 15) is 34.7 Å². The Hall–Kier alpha value is -4.01. The Labute approximate surface area is 238 Å². The van der Waals surface area contributed by atoms with E-state index < -0.39 is 61.3 Å². The van der Waals surface area contributed by atoms with Gasteiger partial charge in [-0.1, -0.05) is 41.5 Å². The first-order valence-electron chi connectivity index (χ1n) is 12.6. The monoisotopic (exact) mass is 604 g/mol. The molecule has 0 spiro atoms. The van der Waals surface area contributed by atoms with Crippen LogP contribution in [0.2, 0.25) is 0 Å². The van der Waals surface area contributed by atoms with Gasteiger partial charge in [0.25, 0.3) is 5.56 Å². The van der Waals surface area contributed by atoms with Crippen molar-refractivity contribution in [2.75, 3.05) is 13.2 Å². The van der Waals surface area contributed by atoms with Crippen molar-refractivity contribution in [1.82, 2.24) is 14.6 Å². The zero-order valence-electron chi connectivity index (χ0n) is 22.7. The Morgan fingerprint density at radius 1 is 1.24 bits per heavy atom. The number of H-pyrrole nitrogens is 1. The fourth-order valence-electron chi connectivity index (χ4n) is 4.29. The van der Waals surface area contributed by atoms with Gasteiger partial charge in [0.15, 0.2) is 6.23 Å². The Kier molecular flexibility index (Phi) is 8.89. The number of ether oxygens (including phenoxy) is 2. The number of hydrogen-bond acceptors (Lipinski definition) is 11. The van der Waals surface area contributed by atoms with E-state index in [0.717, 1.165) is 22.2 Å². The van der Waals surface area contributed by atoms with E-state index in [1.807, 2.05) is 4.98 Å². The van der Waals surface area contributed by atoms with Gasteiger partial charge < -0.3 is 24.2 Å². The number of nitrogens with one attached hydrogen (secondary N) is 2. The van der Waals surface area contributed by atoms with Gasteiger partial charge in [0, 0.05) is 22.6 Å². The van der Waals surface area contributed by atoms with Gasteiger partial charge in [-0.15, -0.1) is 0 Å². The van der Waals surface area contributed by atoms with Crippen molar-refractivity contribution >= 4 is 24.5 Å². The summed E-state index contributed by atoms with van der Waals surface area (Å²) >= 11 is 0. The zero-order valence-corrected chi connectivity index (χ0v) is 23.6. The molecule has 42 heavy (non-hydrogen) atoms. The molecular formula is C25H29N6O10P. The Morgan fingerprint density at radius 3 is 2.64 bits per heavy atom. The minimum absolute atomic E-state index is 0.0305. The summed E-state index contributed by atoms with van der Waals surface area (Å²) in [5.74, 6) is -0.683. The maximum atomic E-state index is 14.3. The third-order valence-electron chi connectivity index (χ3n) is 6.35. The normalized spacial score (nSPS) is 23.6. The lowest BCUT2D eigenvalue weighted by atomic mass is 10.1. The van der Waals surface area contributed by atoms with Crippen molar-refractivity contribution < 1.29 is 38.1 Å². The highest BCUT2D eigenvalue weighted by atomic mass is 31.2. The molecule has 16 nitrogen and oxygen atoms in total. The van der Waals surface area contributed by atoms with Crippen LogP contribution in [0.1, 0.15) is 27.0 Å². The van der Waals surface area contributed by atoms with Crippen LogP contribution in [0.15, 0.2) is 69.4 Å². The van der Waals surface area contributed by atoms with Crippen LogP contribution in [0.4, 0.5) is 0 Å². The highest BCUT2D eigenvalue weighted by molar-refractivity contribution is 7.52. The predicted octanol–water partition coefficient (Wildman–Crippen LogP) is 2.08. The smallest absolute Gasteiger partial charge is 0.459 e. The number of aromatic nitrogens is 2. The second kappa shape index (κ2) is 12.1. The van der Waals surface area contributed by atoms with Gasteiger partial charge in [0.05, 0.1) is 13.2 Å². The van der Waals surface area contributed by atoms with Crippen LogP contribution in [0, 0.1) is 0 Å². The number of esters is 1. The fourth-order valence-corrected chi connectivity index (χ4v) is 6.00. The molecule has 1 aliphatic rings. The number of carbonyl (C=O) groups is 1. The van der Waals surface area contributed by atoms with Gasteiger partial charge in [-0.3, -0.25) is 23.7 Å². The average molecular weight is 605 g/mol. The van der Waals surface area contributed by atoms with Crippen molar-refractivity contribution in [2.24, 2.45) is 5.11 Å². The van der Waals surface area contributed by atoms with Crippen LogP contribution in [0.3, 0.4) is 0 Å². The molecule has 1 fully saturated rings. The lowest BCUT2D eigenvalue weighted by Crippen LogP contribution is -2.49. The Bertz CT molecular complexity index is 1680. The quantitative estimate of drug-likeness (QED) is 0.0814. The number of aliphatic hydroxyl groups excluding tert-OH is 2. The molecule has 1 saturated heterocycles. The van der Waals surface area contributed by atoms with Gasteiger partial charge in [0.2, 0.25) is 5.72 Å². The minimum Gasteiger partial charge on any atom is -0.465 e. The number of rotatable bonds is 11. The van der Waals surface area contributed by atoms with E-state index >= 15 is 0 Å². The molecule has 0 bridgehead atoms. The summed E-state index contributed by atoms with van der Waals surface area (Å²) in [6.45, 7) is 3.38. The van der Waals surface area contributed by atoms with Crippen LogP contribution >= 0.6 is 7.75 Å². The van der Waals surface area contributed by atoms with E-state index in [0.29, 0.717) is 5.39 Å². The summed E-state index contributed by atoms with van der Waals surface area (Å²) in [5.41, 5.74) is 3.49. The predicted molar refractivity (Wildman–Crippen MR) is 147 cm³/mol. The average Bonchev–Trinajstić information content (AvgIpc) is 3.18. The minimum atomic E-state index is -4.64. The SMILES string of the molecule is CCOC(=O)C(C)(C)NP(=O)(OC[C@@]1(N=[N+]=[N-])O[C@@H](n2ccc(=O)[nH]c2=O)[C@H](O)[C@@H]1O)Oc1cccc2ccccc12. The van der Waals surface area contributed by atoms with E-state index in [4.69, 9.17) is 18.5 Å². The second-order valence-electron chi connectivity index (χ2n) is 9.79. The molecule has 2 aromatic carbocycles. The molecular weight excluding hydrogens is 575 g/mol. The maximum Gasteiger partial charge on any atom is 0.459 e. The summed E-state index contributed by atoms with van der Waals surface area (Å²) in [5, 5.41) is 28.9. The molecule has 4 rings (SSSR count). The van der Waals surface area contributed by atoms with Crippen LogP contribution in [0.5, 0.6) is 5.75 Å². The van der Waals surface area contributed by atoms with Crippen LogP contribution < -0.4 is 20.9 Å². The van der Waals surface area contributed by atoms with Gasteiger partial charge in [-0.25, -0.2) is 9.36 Å². The summed E-state index contributed by atoms with van der Waals surface area (Å²) < 4.78 is 37.3. The lowest BCUT2D eigenvalue weighted by Gasteiger charge is -2.32. The molecule has 1 aromatic heterocycles. The summed E-state index contributed by atoms with van der Waals surface area (Å²) in [6, 6.07) is 13.0. The van der Waals surface area contributed by atoms with Gasteiger partial charge in [0.1, 0.15) is 23.5 Å². The molecule has 3 aromatic rings. The van der Waals surface area contributed by atoms with Crippen molar-refractivity contribution in [3.8, 4) is 5.75 Å². The lowest BCUT2D eigenvalue weighted by molar-refractivity contribution is -0.149. The van der Waals surface area contributed by atoms with E-state index in [1.54, 1.807) is 43.3 Å². The summed E-state index contributed by atoms with van der Waals surface area (Å²) in [4.78, 5) is 41.1. The third kappa shape index (κ3) is 6.25. The fraction of sp³-hybridized carbons (Fsp3) is 0.400. The van der Waals surface area contributed by atoms with Gasteiger partial charge in [-0.2, -0.15) is 5.09 Å². The first-order valence-corrected chi connectivity index (χ1v) is 14.2. The Balaban J connectivity index is 1.71. The van der Waals surface area contributed by atoms with Crippen LogP contribution in [0.25, 0.3) is 21.2 Å². The summed E-state index contributed by atoms with van der Waals surface area (Å²) in [6.07, 6.45) is -4.53. The molecule has 1 unspecified atom stereocenters. The number of hydrogen-bond donors (Lipinski definition) is 4. The standard InChI is InChI=1S/C25H29N6O10P/c1-4-38-22(35)24(2,3)29-42(37,41-17-11-7-9-15-8-5-6-10-16(15)17)39-14-25(28-30-26)20(34)19(33)21(40-25)31-13-12-18(32)27-23(31)36/h5-13,19-21,33-34H,4,14H2,1-3H3,(H,29,37)(H,27,32,36)/t19-,20+,21-,25-,42?/m1/s1. The third-order valence-corrected chi connectivity index (χ3v) is 8.09. The van der Waals surface area contributed by atoms with E-state index in [1.165, 1.54) is 19.9 Å². The number of fused-ring (bicyclic) bond motifs is 1. The number of nitrogens with zero attached hydrogens (tertiary/aromatic N) is 4. The number of carbonyl (C=O) groups excluding carboxylic acids is 1. The maximum absolute atomic E-state index is 14.3. The van der Waals surface area contributed by atoms with Crippen molar-refractivity contribution in [2.45, 2.75) is 50.5 Å². The van der Waals surface area contributed by atoms with Crippen molar-refractivity contribution in [3.05, 3.63) is 86.0 Å². The van der Waals surface area contributed by atoms with Gasteiger partial charge in [-0.05, 0) is 37.8 Å². The molecule has 0 amide bonds. The molecule has 0 aliphatic carbocycles. The topological polar surface area (TPSA) is 227 Å². The molecule has 5 atom stereocenters. The zero-order chi connectivity index (χ0) is 30.7. The number of azide groups is 1. The highest BCUT2D eigenvalue weighted by Gasteiger charge is 2.57. The summed E-state index contributed by atoms with van der Waals surface area (Å²) in [7, 11) is -4.64. The first-order chi connectivity index (χ1) is 19.8. The highest BCUT2D eigenvalue weighted by Crippen LogP contribution is 2.50. The molecule has 4 N–H and O–H groups in total. The molecule has 224 valence electrons. The number of aromatic amines is 1. The first kappa shape index (κ1) is 30.9. The van der Waals surface area contributed by atoms with Crippen molar-refractivity contribution in [1.29, 1.82) is 0 Å². The largest absolute Gasteiger partial charge is 0.465 e. The van der Waals surface area contributed by atoms with Crippen LogP contribution in [-0.4, -0.2) is 62.4 Å². The van der Waals surface area contributed by atoms with E-state index in [-0.39, 0.29) is 12.4 Å². The number of benzene rings is 2. The number of aliphatic hydroxyl groups is 2. The molecule has 1 aliphatic heterocycles. The second-order valence-corrected chi connectivity index (χ2v) is 11.5. The molecule has 0 saturated carbocycles.